The van der Waals surface area contributed by atoms with Crippen LogP contribution in [0.1, 0.15) is 77.0 Å². The maximum absolute atomic E-state index is 13.8. The van der Waals surface area contributed by atoms with Crippen LogP contribution in [0.3, 0.4) is 0 Å². The normalized spacial score (nSPS) is 11.3. The molecular weight excluding hydrogens is 1310 g/mol. The summed E-state index contributed by atoms with van der Waals surface area (Å²) in [6, 6.07) is 0. The quantitative estimate of drug-likeness (QED) is 0.0251. The Morgan fingerprint density at radius 2 is 0.347 bits per heavy atom. The van der Waals surface area contributed by atoms with Crippen LogP contribution in [0.2, 0.25) is 0 Å². The molecule has 0 aromatic carbocycles. The Kier molecular flexibility index (Phi) is 58.5. The summed E-state index contributed by atoms with van der Waals surface area (Å²) >= 11 is 0. The number of nitrogens with zero attached hydrogens (tertiary/aromatic N) is 6. The third-order valence-electron chi connectivity index (χ3n) is 16.0. The molecule has 38 heteroatoms. The van der Waals surface area contributed by atoms with Crippen LogP contribution in [0.4, 0.5) is 0 Å². The van der Waals surface area contributed by atoms with Crippen LogP contribution >= 0.6 is 0 Å². The van der Waals surface area contributed by atoms with Crippen LogP contribution in [-0.4, -0.2) is 356 Å². The molecule has 0 atom stereocenters. The summed E-state index contributed by atoms with van der Waals surface area (Å²) in [7, 11) is 1.91. The first kappa shape index (κ1) is 94.1. The van der Waals surface area contributed by atoms with Gasteiger partial charge in [-0.2, -0.15) is 0 Å². The minimum atomic E-state index is -0.304. The number of carbonyl (C=O) groups is 12. The van der Waals surface area contributed by atoms with Crippen LogP contribution < -0.4 is 110 Å². The molecule has 584 valence electrons. The fourth-order valence-electron chi connectivity index (χ4n) is 9.91. The summed E-state index contributed by atoms with van der Waals surface area (Å²) < 4.78 is 0.292. The molecule has 0 bridgehead atoms. The Hall–Kier alpha value is -6.92. The van der Waals surface area contributed by atoms with E-state index >= 15 is 0 Å². The molecule has 0 saturated carbocycles. The number of nitrogens with one attached hydrogen (secondary N) is 12. The van der Waals surface area contributed by atoms with Gasteiger partial charge < -0.3 is 139 Å². The number of nitrogens with two attached hydrogens (primary N) is 8. The lowest BCUT2D eigenvalue weighted by atomic mass is 10.2. The molecule has 0 aliphatic carbocycles. The number of hydrogen-bond donors (Lipinski definition) is 20. The van der Waals surface area contributed by atoms with Crippen LogP contribution in [0.25, 0.3) is 0 Å². The molecule has 12 amide bonds. The van der Waals surface area contributed by atoms with Crippen molar-refractivity contribution >= 4 is 70.9 Å². The lowest BCUT2D eigenvalue weighted by Crippen LogP contribution is -2.52. The molecule has 0 aliphatic heterocycles. The lowest BCUT2D eigenvalue weighted by Gasteiger charge is -2.34. The number of quaternary nitrogens is 1. The van der Waals surface area contributed by atoms with Gasteiger partial charge in [-0.1, -0.05) is 0 Å². The second-order valence-corrected chi connectivity index (χ2v) is 24.5. The van der Waals surface area contributed by atoms with E-state index in [4.69, 9.17) is 45.9 Å². The predicted octanol–water partition coefficient (Wildman–Crippen LogP) is -11.3. The van der Waals surface area contributed by atoms with Gasteiger partial charge in [-0.3, -0.25) is 57.5 Å². The van der Waals surface area contributed by atoms with Crippen molar-refractivity contribution < 1.29 is 62.0 Å². The summed E-state index contributed by atoms with van der Waals surface area (Å²) in [6.07, 6.45) is 1.19. The maximum atomic E-state index is 13.8. The van der Waals surface area contributed by atoms with Crippen molar-refractivity contribution in [3.63, 3.8) is 0 Å². The molecule has 0 fully saturated rings. The fourth-order valence-corrected chi connectivity index (χ4v) is 9.91. The average molecular weight is 1440 g/mol. The van der Waals surface area contributed by atoms with Crippen molar-refractivity contribution in [1.82, 2.24) is 88.3 Å². The van der Waals surface area contributed by atoms with E-state index in [1.807, 2.05) is 31.5 Å². The first-order chi connectivity index (χ1) is 48.6. The highest BCUT2D eigenvalue weighted by molar-refractivity contribution is 5.80. The topological polar surface area (TPSA) is 574 Å². The Bertz CT molecular complexity index is 2170. The van der Waals surface area contributed by atoms with Crippen LogP contribution in [-0.2, 0) is 57.5 Å². The van der Waals surface area contributed by atoms with Gasteiger partial charge >= 0.3 is 0 Å². The van der Waals surface area contributed by atoms with Gasteiger partial charge in [-0.15, -0.1) is 0 Å². The van der Waals surface area contributed by atoms with E-state index in [9.17, 15) is 57.5 Å². The summed E-state index contributed by atoms with van der Waals surface area (Å²) in [4.78, 5) is 165. The van der Waals surface area contributed by atoms with E-state index in [-0.39, 0.29) is 266 Å². The standard InChI is InChI=1S/C63H130N26O12/c1-89(49-12-62(100)78-28-20-70,50-13-63(101)79-29-21-71)51-33-83-61(99)11-43-88(42-10-60(98)82-32-46-86(38-6-56(94)76-26-18-68)39-7-57(95)77-27-19-69)48-47-87(40-8-58(96)80-30-44-84(34-2-52(90)72-22-14-64)35-3-53(91)73-23-15-65)41-9-59(97)81-31-45-85(36-4-54(92)74-24-16-66)37-5-55(93)75-25-17-67/h2-51,64-71H2,1H3,(H11-,72,73,74,75,76,77,78,79,80,81,82,83,90,91,92,93,94,95,96,97,98,99,100,101)/p+1. The summed E-state index contributed by atoms with van der Waals surface area (Å²) in [5, 5.41) is 33.8. The highest BCUT2D eigenvalue weighted by Gasteiger charge is 2.25. The number of amides is 12. The molecule has 101 heavy (non-hydrogen) atoms. The first-order valence-electron chi connectivity index (χ1n) is 35.8. The Balaban J connectivity index is 6.88. The Morgan fingerprint density at radius 3 is 0.525 bits per heavy atom. The van der Waals surface area contributed by atoms with Crippen LogP contribution in [0.15, 0.2) is 0 Å². The van der Waals surface area contributed by atoms with Crippen molar-refractivity contribution in [2.75, 3.05) is 256 Å². The van der Waals surface area contributed by atoms with Crippen LogP contribution in [0, 0.1) is 0 Å². The molecule has 28 N–H and O–H groups in total. The predicted molar refractivity (Wildman–Crippen MR) is 387 cm³/mol. The molecular formula is C63H131N26O12+. The molecule has 0 saturated heterocycles. The minimum Gasteiger partial charge on any atom is -0.355 e. The van der Waals surface area contributed by atoms with Gasteiger partial charge in [0.05, 0.1) is 46.1 Å². The van der Waals surface area contributed by atoms with Gasteiger partial charge in [0.1, 0.15) is 0 Å². The number of hydrogen-bond acceptors (Lipinski definition) is 25. The summed E-state index contributed by atoms with van der Waals surface area (Å²) in [5.74, 6) is -2.83. The smallest absolute Gasteiger partial charge is 0.225 e. The molecule has 0 heterocycles. The van der Waals surface area contributed by atoms with Gasteiger partial charge in [0, 0.05) is 287 Å². The average Bonchev–Trinajstić information content (AvgIpc) is 1.05. The van der Waals surface area contributed by atoms with Crippen molar-refractivity contribution in [1.29, 1.82) is 0 Å². The van der Waals surface area contributed by atoms with Crippen molar-refractivity contribution in [2.45, 2.75) is 77.0 Å². The SMILES string of the molecule is C[N+](CCNC(=O)CCN(CCC(=O)NCCN(CCC(=O)NCCN)CCC(=O)NCCN)CCN(CCC(=O)NCCN(CCC(=O)NCCN)CCC(=O)NCCN)CCC(=O)NCCN(CCC(=O)NCCN)CCC(=O)NCCN)(CCC(=O)NCCN)CCC(=O)NCCN. The lowest BCUT2D eigenvalue weighted by molar-refractivity contribution is -0.907. The largest absolute Gasteiger partial charge is 0.355 e. The minimum absolute atomic E-state index is 0.00400. The van der Waals surface area contributed by atoms with E-state index in [1.165, 1.54) is 0 Å². The fraction of sp³-hybridized carbons (Fsp3) is 0.810. The third kappa shape index (κ3) is 56.3. The number of rotatable bonds is 67. The van der Waals surface area contributed by atoms with Gasteiger partial charge in [0.2, 0.25) is 70.9 Å². The molecule has 0 aromatic rings. The van der Waals surface area contributed by atoms with E-state index in [1.54, 1.807) is 0 Å². The van der Waals surface area contributed by atoms with Gasteiger partial charge in [-0.05, 0) is 0 Å². The molecule has 0 rings (SSSR count). The molecule has 0 radical (unpaired) electrons. The number of likely N-dealkylation sites (N-methyl/N-ethyl adjacent to an activating group) is 1. The monoisotopic (exact) mass is 1440 g/mol. The van der Waals surface area contributed by atoms with E-state index in [0.717, 1.165) is 0 Å². The molecule has 0 spiro atoms. The summed E-state index contributed by atoms with van der Waals surface area (Å²) in [5.41, 5.74) is 44.6. The van der Waals surface area contributed by atoms with E-state index in [2.05, 4.69) is 63.8 Å². The molecule has 0 aromatic heterocycles. The van der Waals surface area contributed by atoms with Crippen molar-refractivity contribution in [2.24, 2.45) is 45.9 Å². The van der Waals surface area contributed by atoms with E-state index in [0.29, 0.717) is 135 Å². The second-order valence-electron chi connectivity index (χ2n) is 24.5. The first-order valence-corrected chi connectivity index (χ1v) is 35.8. The van der Waals surface area contributed by atoms with Crippen molar-refractivity contribution in [3.05, 3.63) is 0 Å². The van der Waals surface area contributed by atoms with Gasteiger partial charge in [-0.25, -0.2) is 0 Å². The zero-order chi connectivity index (χ0) is 75.2. The Labute approximate surface area is 597 Å². The molecule has 38 nitrogen and oxygen atoms in total. The van der Waals surface area contributed by atoms with Gasteiger partial charge in [0.25, 0.3) is 0 Å². The molecule has 0 unspecified atom stereocenters. The highest BCUT2D eigenvalue weighted by Crippen LogP contribution is 2.08. The van der Waals surface area contributed by atoms with Crippen LogP contribution in [0.5, 0.6) is 0 Å². The zero-order valence-electron chi connectivity index (χ0n) is 60.6. The Morgan fingerprint density at radius 1 is 0.198 bits per heavy atom. The zero-order valence-corrected chi connectivity index (χ0v) is 60.6. The molecule has 0 aliphatic rings. The summed E-state index contributed by atoms with van der Waals surface area (Å²) in [6.45, 7) is 10.8. The van der Waals surface area contributed by atoms with E-state index < -0.39 is 0 Å². The maximum Gasteiger partial charge on any atom is 0.225 e. The number of carbonyl (C=O) groups excluding carboxylic acids is 12. The van der Waals surface area contributed by atoms with Gasteiger partial charge in [0.15, 0.2) is 0 Å². The highest BCUT2D eigenvalue weighted by atomic mass is 16.2. The second kappa shape index (κ2) is 62.8. The third-order valence-corrected chi connectivity index (χ3v) is 16.0. The van der Waals surface area contributed by atoms with Crippen molar-refractivity contribution in [3.8, 4) is 0 Å².